The van der Waals surface area contributed by atoms with Gasteiger partial charge in [0.05, 0.1) is 18.7 Å². The Morgan fingerprint density at radius 2 is 2.22 bits per heavy atom. The van der Waals surface area contributed by atoms with Crippen LogP contribution in [0.2, 0.25) is 0 Å². The highest BCUT2D eigenvalue weighted by molar-refractivity contribution is 7.56. The maximum atomic E-state index is 11.4. The molecule has 0 unspecified atom stereocenters. The standard InChI is InChI=1S/C4H7F2O2P/c1-2-8-3-4-9(5,6)7/h3-4H,2H2,1H3/b4-3+. The normalized spacial score (nSPS) is 12.3. The van der Waals surface area contributed by atoms with Crippen LogP contribution < -0.4 is 0 Å². The summed E-state index contributed by atoms with van der Waals surface area (Å²) in [6, 6.07) is 0. The molecule has 2 nitrogen and oxygen atoms in total. The molecule has 0 aliphatic carbocycles. The second-order valence-corrected chi connectivity index (χ2v) is 2.55. The Labute approximate surface area is 52.1 Å². The molecule has 0 saturated carbocycles. The van der Waals surface area contributed by atoms with E-state index < -0.39 is 7.76 Å². The van der Waals surface area contributed by atoms with E-state index in [0.29, 0.717) is 6.61 Å². The van der Waals surface area contributed by atoms with Gasteiger partial charge in [0.25, 0.3) is 0 Å². The van der Waals surface area contributed by atoms with Gasteiger partial charge in [-0.2, -0.15) is 0 Å². The highest BCUT2D eigenvalue weighted by Gasteiger charge is 2.11. The first-order valence-corrected chi connectivity index (χ1v) is 3.90. The van der Waals surface area contributed by atoms with Crippen LogP contribution in [0, 0.1) is 0 Å². The number of hydrogen-bond donors (Lipinski definition) is 0. The second-order valence-electron chi connectivity index (χ2n) is 1.24. The minimum Gasteiger partial charge on any atom is -0.501 e. The summed E-state index contributed by atoms with van der Waals surface area (Å²) in [7, 11) is -5.00. The van der Waals surface area contributed by atoms with E-state index in [1.165, 1.54) is 0 Å². The van der Waals surface area contributed by atoms with Gasteiger partial charge >= 0.3 is 7.76 Å². The molecule has 0 radical (unpaired) electrons. The quantitative estimate of drug-likeness (QED) is 0.463. The first-order chi connectivity index (χ1) is 4.06. The second kappa shape index (κ2) is 3.62. The van der Waals surface area contributed by atoms with E-state index >= 15 is 0 Å². The Morgan fingerprint density at radius 3 is 2.56 bits per heavy atom. The van der Waals surface area contributed by atoms with E-state index in [2.05, 4.69) is 4.74 Å². The number of rotatable bonds is 3. The fraction of sp³-hybridized carbons (Fsp3) is 0.500. The van der Waals surface area contributed by atoms with Crippen LogP contribution in [0.5, 0.6) is 0 Å². The minimum absolute atomic E-state index is 0.274. The van der Waals surface area contributed by atoms with E-state index in [4.69, 9.17) is 0 Å². The Morgan fingerprint density at radius 1 is 1.67 bits per heavy atom. The summed E-state index contributed by atoms with van der Waals surface area (Å²) in [4.78, 5) is 0. The SMILES string of the molecule is CCO/C=C/P(=O)(F)F. The van der Waals surface area contributed by atoms with Gasteiger partial charge in [0.2, 0.25) is 0 Å². The third-order valence-electron chi connectivity index (χ3n) is 0.497. The zero-order valence-corrected chi connectivity index (χ0v) is 5.78. The molecule has 0 aromatic carbocycles. The van der Waals surface area contributed by atoms with Crippen molar-refractivity contribution in [1.82, 2.24) is 0 Å². The fourth-order valence-electron chi connectivity index (χ4n) is 0.210. The number of ether oxygens (including phenoxy) is 1. The summed E-state index contributed by atoms with van der Waals surface area (Å²) in [5, 5.41) is 0. The molecule has 0 aromatic heterocycles. The van der Waals surface area contributed by atoms with Crippen molar-refractivity contribution in [3.05, 3.63) is 12.1 Å². The maximum Gasteiger partial charge on any atom is 0.429 e. The Hall–Kier alpha value is -0.370. The highest BCUT2D eigenvalue weighted by Crippen LogP contribution is 2.50. The molecule has 0 amide bonds. The summed E-state index contributed by atoms with van der Waals surface area (Å²) in [6.45, 7) is 1.95. The Balaban J connectivity index is 3.58. The summed E-state index contributed by atoms with van der Waals surface area (Å²) >= 11 is 0. The molecule has 0 saturated heterocycles. The first-order valence-electron chi connectivity index (χ1n) is 2.34. The third kappa shape index (κ3) is 7.63. The minimum atomic E-state index is -5.00. The average molecular weight is 156 g/mol. The molecule has 0 bridgehead atoms. The van der Waals surface area contributed by atoms with Crippen molar-refractivity contribution in [2.24, 2.45) is 0 Å². The van der Waals surface area contributed by atoms with Gasteiger partial charge in [-0.15, -0.1) is 8.39 Å². The van der Waals surface area contributed by atoms with Gasteiger partial charge in [-0.05, 0) is 6.92 Å². The predicted molar refractivity (Wildman–Crippen MR) is 30.6 cm³/mol. The molecule has 0 aromatic rings. The van der Waals surface area contributed by atoms with E-state index in [9.17, 15) is 13.0 Å². The van der Waals surface area contributed by atoms with Crippen molar-refractivity contribution in [2.75, 3.05) is 6.61 Å². The summed E-state index contributed by atoms with van der Waals surface area (Å²) in [6.07, 6.45) is 0.751. The molecule has 54 valence electrons. The molecule has 0 N–H and O–H groups in total. The van der Waals surface area contributed by atoms with Crippen LogP contribution in [0.3, 0.4) is 0 Å². The van der Waals surface area contributed by atoms with E-state index in [1.807, 2.05) is 0 Å². The van der Waals surface area contributed by atoms with Gasteiger partial charge in [-0.25, -0.2) is 4.57 Å². The predicted octanol–water partition coefficient (Wildman–Crippen LogP) is 2.63. The molecular formula is C4H7F2O2P. The summed E-state index contributed by atoms with van der Waals surface area (Å²) < 4.78 is 36.8. The van der Waals surface area contributed by atoms with Crippen LogP contribution in [-0.2, 0) is 9.30 Å². The molecule has 0 heterocycles. The van der Waals surface area contributed by atoms with Gasteiger partial charge in [0.15, 0.2) is 0 Å². The molecular weight excluding hydrogens is 149 g/mol. The molecule has 0 spiro atoms. The van der Waals surface area contributed by atoms with Crippen LogP contribution in [0.4, 0.5) is 8.39 Å². The Bertz CT molecular complexity index is 140. The zero-order chi connectivity index (χ0) is 7.33. The van der Waals surface area contributed by atoms with Crippen LogP contribution >= 0.6 is 7.76 Å². The monoisotopic (exact) mass is 156 g/mol. The summed E-state index contributed by atoms with van der Waals surface area (Å²) in [5.41, 5.74) is 0. The fourth-order valence-corrected chi connectivity index (χ4v) is 0.438. The highest BCUT2D eigenvalue weighted by atomic mass is 31.2. The van der Waals surface area contributed by atoms with Crippen molar-refractivity contribution in [3.63, 3.8) is 0 Å². The van der Waals surface area contributed by atoms with Crippen molar-refractivity contribution in [3.8, 4) is 0 Å². The van der Waals surface area contributed by atoms with Crippen LogP contribution in [0.1, 0.15) is 6.92 Å². The zero-order valence-electron chi connectivity index (χ0n) is 4.88. The van der Waals surface area contributed by atoms with Gasteiger partial charge in [0, 0.05) is 0 Å². The van der Waals surface area contributed by atoms with E-state index in [1.54, 1.807) is 6.92 Å². The topological polar surface area (TPSA) is 26.3 Å². The van der Waals surface area contributed by atoms with Crippen molar-refractivity contribution < 1.29 is 17.7 Å². The lowest BCUT2D eigenvalue weighted by Crippen LogP contribution is -1.74. The number of halogens is 2. The van der Waals surface area contributed by atoms with Gasteiger partial charge in [-0.1, -0.05) is 0 Å². The molecule has 0 atom stereocenters. The molecule has 9 heavy (non-hydrogen) atoms. The lowest BCUT2D eigenvalue weighted by molar-refractivity contribution is 0.269. The lowest BCUT2D eigenvalue weighted by atomic mass is 10.9. The largest absolute Gasteiger partial charge is 0.501 e. The van der Waals surface area contributed by atoms with Crippen LogP contribution in [0.15, 0.2) is 12.1 Å². The van der Waals surface area contributed by atoms with Gasteiger partial charge < -0.3 is 4.74 Å². The Kier molecular flexibility index (Phi) is 3.47. The van der Waals surface area contributed by atoms with E-state index in [0.717, 1.165) is 6.26 Å². The molecule has 0 fully saturated rings. The lowest BCUT2D eigenvalue weighted by Gasteiger charge is -1.90. The van der Waals surface area contributed by atoms with Crippen molar-refractivity contribution >= 4 is 7.76 Å². The molecule has 5 heteroatoms. The smallest absolute Gasteiger partial charge is 0.429 e. The maximum absolute atomic E-state index is 11.4. The average Bonchev–Trinajstić information content (AvgIpc) is 1.63. The molecule has 0 rings (SSSR count). The van der Waals surface area contributed by atoms with E-state index in [-0.39, 0.29) is 5.82 Å². The first kappa shape index (κ1) is 8.63. The summed E-state index contributed by atoms with van der Waals surface area (Å²) in [5.74, 6) is 0.274. The van der Waals surface area contributed by atoms with Crippen LogP contribution in [0.25, 0.3) is 0 Å². The third-order valence-corrected chi connectivity index (χ3v) is 0.966. The van der Waals surface area contributed by atoms with Gasteiger partial charge in [0.1, 0.15) is 0 Å². The molecule has 0 aliphatic heterocycles. The molecule has 0 aliphatic rings. The van der Waals surface area contributed by atoms with Crippen molar-refractivity contribution in [1.29, 1.82) is 0 Å². The van der Waals surface area contributed by atoms with Crippen LogP contribution in [-0.4, -0.2) is 6.61 Å². The number of hydrogen-bond acceptors (Lipinski definition) is 2. The van der Waals surface area contributed by atoms with Crippen molar-refractivity contribution in [2.45, 2.75) is 6.92 Å². The van der Waals surface area contributed by atoms with Gasteiger partial charge in [-0.3, -0.25) is 0 Å².